The Morgan fingerprint density at radius 3 is 2.26 bits per heavy atom. The lowest BCUT2D eigenvalue weighted by molar-refractivity contribution is 0.582. The Bertz CT molecular complexity index is 1330. The molecule has 34 heavy (non-hydrogen) atoms. The number of pyridine rings is 1. The first-order valence-corrected chi connectivity index (χ1v) is 10.6. The Hall–Kier alpha value is -3.87. The largest absolute Gasteiger partial charge is 0.396 e. The molecule has 3 aromatic rings. The van der Waals surface area contributed by atoms with Gasteiger partial charge in [0.15, 0.2) is 0 Å². The highest BCUT2D eigenvalue weighted by Crippen LogP contribution is 2.27. The van der Waals surface area contributed by atoms with Crippen molar-refractivity contribution in [1.29, 1.82) is 0 Å². The van der Waals surface area contributed by atoms with E-state index >= 15 is 0 Å². The smallest absolute Gasteiger partial charge is 0.134 e. The van der Waals surface area contributed by atoms with Crippen molar-refractivity contribution in [3.63, 3.8) is 0 Å². The number of hydrogen-bond acceptors (Lipinski definition) is 2. The standard InChI is InChI=1S/C27H25F4N3/c1-18(5-3-4-6-19(2)28)15-33-27-11-12-34(17-26(27)32)16-20-7-9-22(24(30)13-20)23-10-8-21(29)14-25(23)31/h3-14,17H,15-16,32H2,1-2H3/b4-3-,18-5+,19-6+,33-27?. The normalized spacial score (nSPS) is 13.2. The van der Waals surface area contributed by atoms with Crippen LogP contribution in [-0.4, -0.2) is 11.1 Å². The van der Waals surface area contributed by atoms with Gasteiger partial charge in [0.1, 0.15) is 17.5 Å². The van der Waals surface area contributed by atoms with Crippen molar-refractivity contribution < 1.29 is 17.6 Å². The van der Waals surface area contributed by atoms with E-state index in [9.17, 15) is 17.6 Å². The zero-order chi connectivity index (χ0) is 24.7. The van der Waals surface area contributed by atoms with Gasteiger partial charge in [0.2, 0.25) is 0 Å². The molecule has 0 radical (unpaired) electrons. The van der Waals surface area contributed by atoms with Gasteiger partial charge in [0, 0.05) is 36.1 Å². The van der Waals surface area contributed by atoms with Crippen molar-refractivity contribution in [2.45, 2.75) is 20.4 Å². The molecule has 3 rings (SSSR count). The van der Waals surface area contributed by atoms with Gasteiger partial charge in [-0.05, 0) is 49.8 Å². The summed E-state index contributed by atoms with van der Waals surface area (Å²) in [4.78, 5) is 4.49. The van der Waals surface area contributed by atoms with Gasteiger partial charge in [-0.15, -0.1) is 0 Å². The molecule has 0 saturated heterocycles. The number of rotatable bonds is 7. The molecule has 2 N–H and O–H groups in total. The van der Waals surface area contributed by atoms with Crippen molar-refractivity contribution in [3.8, 4) is 11.1 Å². The lowest BCUT2D eigenvalue weighted by Gasteiger charge is -2.11. The fourth-order valence-corrected chi connectivity index (χ4v) is 3.26. The number of anilines is 1. The molecule has 7 heteroatoms. The van der Waals surface area contributed by atoms with Crippen LogP contribution < -0.4 is 11.1 Å². The number of benzene rings is 2. The van der Waals surface area contributed by atoms with Gasteiger partial charge in [-0.25, -0.2) is 17.6 Å². The highest BCUT2D eigenvalue weighted by molar-refractivity contribution is 5.65. The summed E-state index contributed by atoms with van der Waals surface area (Å²) in [6, 6.07) is 9.29. The molecule has 0 atom stereocenters. The molecule has 2 aromatic carbocycles. The molecule has 1 aromatic heterocycles. The zero-order valence-electron chi connectivity index (χ0n) is 18.9. The van der Waals surface area contributed by atoms with Crippen molar-refractivity contribution >= 4 is 5.69 Å². The van der Waals surface area contributed by atoms with Crippen LogP contribution in [0.1, 0.15) is 19.4 Å². The lowest BCUT2D eigenvalue weighted by Crippen LogP contribution is -2.14. The van der Waals surface area contributed by atoms with Crippen LogP contribution in [0.2, 0.25) is 0 Å². The van der Waals surface area contributed by atoms with Crippen LogP contribution in [0.3, 0.4) is 0 Å². The van der Waals surface area contributed by atoms with Gasteiger partial charge in [-0.2, -0.15) is 0 Å². The Kier molecular flexibility index (Phi) is 8.24. The van der Waals surface area contributed by atoms with Crippen LogP contribution in [0.5, 0.6) is 0 Å². The molecule has 0 aliphatic carbocycles. The van der Waals surface area contributed by atoms with E-state index in [-0.39, 0.29) is 17.0 Å². The average Bonchev–Trinajstić information content (AvgIpc) is 2.77. The molecule has 0 saturated carbocycles. The molecule has 0 fully saturated rings. The molecule has 176 valence electrons. The van der Waals surface area contributed by atoms with Crippen LogP contribution in [0.15, 0.2) is 95.6 Å². The molecule has 0 spiro atoms. The summed E-state index contributed by atoms with van der Waals surface area (Å²) in [6.07, 6.45) is 10.1. The maximum absolute atomic E-state index is 14.6. The quantitative estimate of drug-likeness (QED) is 0.314. The maximum atomic E-state index is 14.6. The van der Waals surface area contributed by atoms with Crippen LogP contribution in [0, 0.1) is 17.5 Å². The molecular weight excluding hydrogens is 442 g/mol. The fraction of sp³-hybridized carbons (Fsp3) is 0.148. The summed E-state index contributed by atoms with van der Waals surface area (Å²) in [5.41, 5.74) is 8.29. The fourth-order valence-electron chi connectivity index (χ4n) is 3.26. The number of aromatic nitrogens is 1. The molecule has 0 aliphatic rings. The number of allylic oxidation sites excluding steroid dienone is 5. The Labute approximate surface area is 195 Å². The monoisotopic (exact) mass is 467 g/mol. The predicted molar refractivity (Wildman–Crippen MR) is 128 cm³/mol. The third-order valence-electron chi connectivity index (χ3n) is 4.96. The van der Waals surface area contributed by atoms with Gasteiger partial charge in [-0.1, -0.05) is 35.9 Å². The summed E-state index contributed by atoms with van der Waals surface area (Å²) < 4.78 is 56.2. The van der Waals surface area contributed by atoms with E-state index in [1.165, 1.54) is 31.2 Å². The van der Waals surface area contributed by atoms with Gasteiger partial charge < -0.3 is 10.3 Å². The molecule has 0 aliphatic heterocycles. The van der Waals surface area contributed by atoms with E-state index in [0.29, 0.717) is 29.7 Å². The third-order valence-corrected chi connectivity index (χ3v) is 4.96. The summed E-state index contributed by atoms with van der Waals surface area (Å²) in [5, 5.41) is 0.626. The Morgan fingerprint density at radius 2 is 1.62 bits per heavy atom. The van der Waals surface area contributed by atoms with E-state index in [0.717, 1.165) is 17.7 Å². The van der Waals surface area contributed by atoms with Gasteiger partial charge in [-0.3, -0.25) is 4.99 Å². The van der Waals surface area contributed by atoms with Crippen molar-refractivity contribution in [2.75, 3.05) is 12.3 Å². The molecule has 0 amide bonds. The number of hydrogen-bond donors (Lipinski definition) is 1. The van der Waals surface area contributed by atoms with Crippen molar-refractivity contribution in [1.82, 2.24) is 4.57 Å². The van der Waals surface area contributed by atoms with E-state index in [1.807, 2.05) is 13.0 Å². The Morgan fingerprint density at radius 1 is 0.941 bits per heavy atom. The van der Waals surface area contributed by atoms with Crippen LogP contribution in [0.4, 0.5) is 23.2 Å². The number of halogens is 4. The predicted octanol–water partition coefficient (Wildman–Crippen LogP) is 6.48. The molecular formula is C27H25F4N3. The molecule has 0 unspecified atom stereocenters. The lowest BCUT2D eigenvalue weighted by atomic mass is 10.0. The minimum Gasteiger partial charge on any atom is -0.396 e. The maximum Gasteiger partial charge on any atom is 0.134 e. The summed E-state index contributed by atoms with van der Waals surface area (Å²) >= 11 is 0. The first-order valence-electron chi connectivity index (χ1n) is 10.6. The second-order valence-corrected chi connectivity index (χ2v) is 7.86. The SMILES string of the molecule is C\C(F)=C/C=C\C=C(/C)CN=c1ccn(Cc2ccc(-c3ccc(F)cc3F)c(F)c2)cc1N. The average molecular weight is 468 g/mol. The van der Waals surface area contributed by atoms with Crippen molar-refractivity contribution in [2.24, 2.45) is 4.99 Å². The van der Waals surface area contributed by atoms with Crippen LogP contribution in [0.25, 0.3) is 11.1 Å². The van der Waals surface area contributed by atoms with Gasteiger partial charge >= 0.3 is 0 Å². The van der Waals surface area contributed by atoms with E-state index < -0.39 is 17.5 Å². The van der Waals surface area contributed by atoms with Gasteiger partial charge in [0.25, 0.3) is 0 Å². The highest BCUT2D eigenvalue weighted by Gasteiger charge is 2.12. The second kappa shape index (κ2) is 11.3. The zero-order valence-corrected chi connectivity index (χ0v) is 18.9. The first kappa shape index (κ1) is 24.8. The van der Waals surface area contributed by atoms with Crippen LogP contribution >= 0.6 is 0 Å². The van der Waals surface area contributed by atoms with Crippen LogP contribution in [-0.2, 0) is 6.54 Å². The first-order chi connectivity index (χ1) is 16.2. The van der Waals surface area contributed by atoms with Gasteiger partial charge in [0.05, 0.1) is 23.4 Å². The van der Waals surface area contributed by atoms with E-state index in [2.05, 4.69) is 4.99 Å². The minimum atomic E-state index is -0.819. The number of nitrogens with zero attached hydrogens (tertiary/aromatic N) is 2. The Balaban J connectivity index is 1.72. The number of nitrogens with two attached hydrogens (primary N) is 1. The second-order valence-electron chi connectivity index (χ2n) is 7.86. The summed E-state index contributed by atoms with van der Waals surface area (Å²) in [5.74, 6) is -2.40. The van der Waals surface area contributed by atoms with Crippen molar-refractivity contribution in [3.05, 3.63) is 119 Å². The van der Waals surface area contributed by atoms with E-state index in [4.69, 9.17) is 5.73 Å². The van der Waals surface area contributed by atoms with E-state index in [1.54, 1.807) is 41.2 Å². The topological polar surface area (TPSA) is 43.3 Å². The summed E-state index contributed by atoms with van der Waals surface area (Å²) in [6.45, 7) is 4.07. The highest BCUT2D eigenvalue weighted by atomic mass is 19.1. The molecule has 1 heterocycles. The molecule has 0 bridgehead atoms. The molecule has 3 nitrogen and oxygen atoms in total. The number of nitrogen functional groups attached to an aromatic ring is 1. The minimum absolute atomic E-state index is 0.00198. The third kappa shape index (κ3) is 6.81. The summed E-state index contributed by atoms with van der Waals surface area (Å²) in [7, 11) is 0.